The number of hydrogen-bond acceptors (Lipinski definition) is 4. The van der Waals surface area contributed by atoms with Crippen molar-refractivity contribution in [2.24, 2.45) is 0 Å². The first-order valence-electron chi connectivity index (χ1n) is 4.65. The van der Waals surface area contributed by atoms with Gasteiger partial charge >= 0.3 is 0 Å². The minimum atomic E-state index is -0.449. The Labute approximate surface area is 78.0 Å². The molecule has 0 aromatic carbocycles. The number of hydrogen-bond donors (Lipinski definition) is 1. The molecule has 0 radical (unpaired) electrons. The molecule has 0 saturated carbocycles. The number of aliphatic hydroxyl groups is 1. The van der Waals surface area contributed by atoms with Crippen LogP contribution in [0.2, 0.25) is 0 Å². The van der Waals surface area contributed by atoms with Gasteiger partial charge in [0.05, 0.1) is 12.0 Å². The summed E-state index contributed by atoms with van der Waals surface area (Å²) in [6, 6.07) is 0. The fourth-order valence-electron chi connectivity index (χ4n) is 0.984. The van der Waals surface area contributed by atoms with Gasteiger partial charge in [-0.1, -0.05) is 19.0 Å². The summed E-state index contributed by atoms with van der Waals surface area (Å²) < 4.78 is 5.02. The molecule has 0 aliphatic rings. The Morgan fingerprint density at radius 3 is 2.69 bits per heavy atom. The smallest absolute Gasteiger partial charge is 0.232 e. The topological polar surface area (TPSA) is 59.2 Å². The van der Waals surface area contributed by atoms with Crippen LogP contribution in [0.4, 0.5) is 0 Å². The van der Waals surface area contributed by atoms with Crippen LogP contribution in [-0.4, -0.2) is 21.4 Å². The Kier molecular flexibility index (Phi) is 3.42. The third-order valence-corrected chi connectivity index (χ3v) is 2.07. The first kappa shape index (κ1) is 10.2. The molecule has 4 heteroatoms. The van der Waals surface area contributed by atoms with Crippen LogP contribution in [0.15, 0.2) is 4.52 Å². The van der Waals surface area contributed by atoms with E-state index in [4.69, 9.17) is 4.52 Å². The second-order valence-corrected chi connectivity index (χ2v) is 3.33. The lowest BCUT2D eigenvalue weighted by molar-refractivity contribution is 0.151. The maximum Gasteiger partial charge on any atom is 0.232 e. The second kappa shape index (κ2) is 4.37. The van der Waals surface area contributed by atoms with E-state index in [2.05, 4.69) is 17.1 Å². The van der Waals surface area contributed by atoms with Gasteiger partial charge in [0, 0.05) is 6.42 Å². The fraction of sp³-hybridized carbons (Fsp3) is 0.778. The van der Waals surface area contributed by atoms with Crippen molar-refractivity contribution in [3.8, 4) is 0 Å². The number of aryl methyl sites for hydroxylation is 1. The minimum Gasteiger partial charge on any atom is -0.393 e. The predicted octanol–water partition coefficient (Wildman–Crippen LogP) is 1.51. The van der Waals surface area contributed by atoms with Gasteiger partial charge in [-0.3, -0.25) is 0 Å². The molecule has 0 spiro atoms. The Morgan fingerprint density at radius 2 is 2.15 bits per heavy atom. The highest BCUT2D eigenvalue weighted by atomic mass is 16.5. The van der Waals surface area contributed by atoms with Crippen LogP contribution in [0, 0.1) is 0 Å². The Bertz CT molecular complexity index is 258. The van der Waals surface area contributed by atoms with E-state index >= 15 is 0 Å². The van der Waals surface area contributed by atoms with Gasteiger partial charge in [-0.05, 0) is 13.3 Å². The normalized spacial score (nSPS) is 15.7. The molecule has 2 atom stereocenters. The van der Waals surface area contributed by atoms with E-state index in [0.717, 1.165) is 18.7 Å². The molecule has 0 fully saturated rings. The lowest BCUT2D eigenvalue weighted by Gasteiger charge is -2.07. The van der Waals surface area contributed by atoms with Gasteiger partial charge in [-0.2, -0.15) is 4.98 Å². The highest BCUT2D eigenvalue weighted by Crippen LogP contribution is 2.16. The van der Waals surface area contributed by atoms with Crippen LogP contribution < -0.4 is 0 Å². The third-order valence-electron chi connectivity index (χ3n) is 2.07. The third kappa shape index (κ3) is 2.52. The van der Waals surface area contributed by atoms with E-state index in [9.17, 15) is 5.11 Å². The molecule has 0 amide bonds. The maximum atomic E-state index is 9.29. The summed E-state index contributed by atoms with van der Waals surface area (Å²) in [5, 5.41) is 13.1. The SMILES string of the molecule is CCCc1noc(C(C)C(C)O)n1. The number of nitrogens with zero attached hydrogens (tertiary/aromatic N) is 2. The number of aromatic nitrogens is 2. The standard InChI is InChI=1S/C9H16N2O2/c1-4-5-8-10-9(13-11-8)6(2)7(3)12/h6-7,12H,4-5H2,1-3H3. The molecular weight excluding hydrogens is 168 g/mol. The second-order valence-electron chi connectivity index (χ2n) is 3.33. The van der Waals surface area contributed by atoms with Crippen molar-refractivity contribution in [2.75, 3.05) is 0 Å². The summed E-state index contributed by atoms with van der Waals surface area (Å²) in [5.74, 6) is 1.17. The molecule has 1 rings (SSSR count). The summed E-state index contributed by atoms with van der Waals surface area (Å²) in [6.45, 7) is 5.65. The molecule has 4 nitrogen and oxygen atoms in total. The summed E-state index contributed by atoms with van der Waals surface area (Å²) in [5.41, 5.74) is 0. The van der Waals surface area contributed by atoms with Crippen LogP contribution in [0.1, 0.15) is 44.8 Å². The van der Waals surface area contributed by atoms with E-state index in [1.165, 1.54) is 0 Å². The van der Waals surface area contributed by atoms with Crippen LogP contribution in [0.25, 0.3) is 0 Å². The molecular formula is C9H16N2O2. The van der Waals surface area contributed by atoms with E-state index in [1.807, 2.05) is 6.92 Å². The van der Waals surface area contributed by atoms with Gasteiger partial charge in [-0.25, -0.2) is 0 Å². The van der Waals surface area contributed by atoms with Gasteiger partial charge in [0.2, 0.25) is 5.89 Å². The monoisotopic (exact) mass is 184 g/mol. The van der Waals surface area contributed by atoms with Crippen molar-refractivity contribution in [2.45, 2.75) is 45.6 Å². The van der Waals surface area contributed by atoms with Crippen molar-refractivity contribution in [1.82, 2.24) is 10.1 Å². The number of rotatable bonds is 4. The fourth-order valence-corrected chi connectivity index (χ4v) is 0.984. The van der Waals surface area contributed by atoms with Crippen molar-refractivity contribution in [3.63, 3.8) is 0 Å². The summed E-state index contributed by atoms with van der Waals surface area (Å²) in [6.07, 6.45) is 1.38. The van der Waals surface area contributed by atoms with E-state index in [0.29, 0.717) is 5.89 Å². The summed E-state index contributed by atoms with van der Waals surface area (Å²) in [4.78, 5) is 4.18. The van der Waals surface area contributed by atoms with E-state index < -0.39 is 6.10 Å². The van der Waals surface area contributed by atoms with E-state index in [1.54, 1.807) is 6.92 Å². The van der Waals surface area contributed by atoms with Crippen LogP contribution in [0.5, 0.6) is 0 Å². The lowest BCUT2D eigenvalue weighted by Crippen LogP contribution is -2.11. The van der Waals surface area contributed by atoms with Crippen molar-refractivity contribution in [3.05, 3.63) is 11.7 Å². The molecule has 1 aromatic heterocycles. The first-order chi connectivity index (χ1) is 6.15. The first-order valence-corrected chi connectivity index (χ1v) is 4.65. The van der Waals surface area contributed by atoms with Gasteiger partial charge in [0.1, 0.15) is 0 Å². The highest BCUT2D eigenvalue weighted by molar-refractivity contribution is 4.94. The minimum absolute atomic E-state index is 0.0851. The van der Waals surface area contributed by atoms with Crippen molar-refractivity contribution in [1.29, 1.82) is 0 Å². The summed E-state index contributed by atoms with van der Waals surface area (Å²) in [7, 11) is 0. The largest absolute Gasteiger partial charge is 0.393 e. The zero-order valence-corrected chi connectivity index (χ0v) is 8.32. The van der Waals surface area contributed by atoms with Gasteiger partial charge in [0.15, 0.2) is 5.82 Å². The molecule has 1 heterocycles. The Morgan fingerprint density at radius 1 is 1.46 bits per heavy atom. The Hall–Kier alpha value is -0.900. The summed E-state index contributed by atoms with van der Waals surface area (Å²) >= 11 is 0. The van der Waals surface area contributed by atoms with Crippen LogP contribution in [0.3, 0.4) is 0 Å². The molecule has 1 aromatic rings. The molecule has 1 N–H and O–H groups in total. The average Bonchev–Trinajstić information content (AvgIpc) is 2.52. The molecule has 0 aliphatic heterocycles. The Balaban J connectivity index is 2.67. The zero-order valence-electron chi connectivity index (χ0n) is 8.32. The van der Waals surface area contributed by atoms with Gasteiger partial charge in [-0.15, -0.1) is 0 Å². The predicted molar refractivity (Wildman–Crippen MR) is 48.4 cm³/mol. The van der Waals surface area contributed by atoms with Crippen LogP contribution >= 0.6 is 0 Å². The molecule has 0 aliphatic carbocycles. The average molecular weight is 184 g/mol. The molecule has 74 valence electrons. The molecule has 0 saturated heterocycles. The van der Waals surface area contributed by atoms with Gasteiger partial charge < -0.3 is 9.63 Å². The van der Waals surface area contributed by atoms with Crippen molar-refractivity contribution >= 4 is 0 Å². The zero-order chi connectivity index (χ0) is 9.84. The maximum absolute atomic E-state index is 9.29. The van der Waals surface area contributed by atoms with E-state index in [-0.39, 0.29) is 5.92 Å². The molecule has 13 heavy (non-hydrogen) atoms. The highest BCUT2D eigenvalue weighted by Gasteiger charge is 2.18. The van der Waals surface area contributed by atoms with Crippen molar-refractivity contribution < 1.29 is 9.63 Å². The van der Waals surface area contributed by atoms with Gasteiger partial charge in [0.25, 0.3) is 0 Å². The quantitative estimate of drug-likeness (QED) is 0.770. The molecule has 2 unspecified atom stereocenters. The van der Waals surface area contributed by atoms with Crippen LogP contribution in [-0.2, 0) is 6.42 Å². The molecule has 0 bridgehead atoms. The number of aliphatic hydroxyl groups excluding tert-OH is 1. The lowest BCUT2D eigenvalue weighted by atomic mass is 10.1.